The smallest absolute Gasteiger partial charge is 0.189 e. The maximum absolute atomic E-state index is 5.41. The first-order valence-corrected chi connectivity index (χ1v) is 10.0. The van der Waals surface area contributed by atoms with Gasteiger partial charge in [0.15, 0.2) is 5.16 Å². The Morgan fingerprint density at radius 3 is 2.83 bits per heavy atom. The van der Waals surface area contributed by atoms with Crippen LogP contribution < -0.4 is 5.32 Å². The third kappa shape index (κ3) is 5.06. The molecule has 1 aliphatic heterocycles. The van der Waals surface area contributed by atoms with Crippen molar-refractivity contribution in [2.75, 3.05) is 44.4 Å². The molecule has 0 atom stereocenters. The van der Waals surface area contributed by atoms with Gasteiger partial charge in [0.05, 0.1) is 13.2 Å². The standard InChI is InChI=1S/C17H28N4OS/c1-23-17-18-13-14(5-4-8-21-9-11-22-12-10-21)16(20-17)19-15-6-2-3-7-15/h13,15H,2-12H2,1H3,(H,18,19,20). The van der Waals surface area contributed by atoms with E-state index in [9.17, 15) is 0 Å². The number of nitrogens with one attached hydrogen (secondary N) is 1. The van der Waals surface area contributed by atoms with Gasteiger partial charge in [-0.15, -0.1) is 0 Å². The first-order chi connectivity index (χ1) is 11.3. The van der Waals surface area contributed by atoms with E-state index in [2.05, 4.69) is 15.2 Å². The van der Waals surface area contributed by atoms with Gasteiger partial charge in [0, 0.05) is 30.9 Å². The van der Waals surface area contributed by atoms with E-state index in [0.29, 0.717) is 6.04 Å². The van der Waals surface area contributed by atoms with Crippen LogP contribution in [-0.2, 0) is 11.2 Å². The van der Waals surface area contributed by atoms with Crippen molar-refractivity contribution in [2.24, 2.45) is 0 Å². The molecule has 0 unspecified atom stereocenters. The van der Waals surface area contributed by atoms with Crippen LogP contribution in [0.15, 0.2) is 11.4 Å². The summed E-state index contributed by atoms with van der Waals surface area (Å²) >= 11 is 1.61. The van der Waals surface area contributed by atoms with Crippen molar-refractivity contribution in [2.45, 2.75) is 49.7 Å². The fourth-order valence-electron chi connectivity index (χ4n) is 3.38. The topological polar surface area (TPSA) is 50.3 Å². The van der Waals surface area contributed by atoms with Gasteiger partial charge in [-0.3, -0.25) is 4.90 Å². The Morgan fingerprint density at radius 2 is 2.09 bits per heavy atom. The van der Waals surface area contributed by atoms with Gasteiger partial charge >= 0.3 is 0 Å². The Hall–Kier alpha value is -0.850. The van der Waals surface area contributed by atoms with Crippen LogP contribution in [0.5, 0.6) is 0 Å². The molecular weight excluding hydrogens is 308 g/mol. The van der Waals surface area contributed by atoms with Crippen LogP contribution in [0.25, 0.3) is 0 Å². The zero-order chi connectivity index (χ0) is 15.9. The molecule has 2 fully saturated rings. The number of morpholine rings is 1. The molecule has 2 aliphatic rings. The summed E-state index contributed by atoms with van der Waals surface area (Å²) in [6, 6.07) is 0.595. The van der Waals surface area contributed by atoms with Crippen LogP contribution in [0.3, 0.4) is 0 Å². The van der Waals surface area contributed by atoms with E-state index < -0.39 is 0 Å². The lowest BCUT2D eigenvalue weighted by Crippen LogP contribution is -2.37. The quantitative estimate of drug-likeness (QED) is 0.610. The molecule has 2 heterocycles. The van der Waals surface area contributed by atoms with Gasteiger partial charge in [-0.2, -0.15) is 0 Å². The van der Waals surface area contributed by atoms with Crippen molar-refractivity contribution in [1.82, 2.24) is 14.9 Å². The minimum absolute atomic E-state index is 0.595. The zero-order valence-electron chi connectivity index (χ0n) is 14.1. The fourth-order valence-corrected chi connectivity index (χ4v) is 3.72. The molecule has 1 aromatic heterocycles. The Balaban J connectivity index is 1.57. The number of thioether (sulfide) groups is 1. The highest BCUT2D eigenvalue weighted by Crippen LogP contribution is 2.25. The summed E-state index contributed by atoms with van der Waals surface area (Å²) in [5, 5.41) is 4.54. The van der Waals surface area contributed by atoms with Crippen molar-refractivity contribution < 1.29 is 4.74 Å². The number of hydrogen-bond donors (Lipinski definition) is 1. The van der Waals surface area contributed by atoms with Crippen LogP contribution in [0.2, 0.25) is 0 Å². The highest BCUT2D eigenvalue weighted by Gasteiger charge is 2.17. The molecule has 0 amide bonds. The Morgan fingerprint density at radius 1 is 1.30 bits per heavy atom. The molecule has 1 N–H and O–H groups in total. The fraction of sp³-hybridized carbons (Fsp3) is 0.765. The van der Waals surface area contributed by atoms with Crippen molar-refractivity contribution in [3.05, 3.63) is 11.8 Å². The number of ether oxygens (including phenoxy) is 1. The maximum atomic E-state index is 5.41. The molecule has 1 saturated carbocycles. The Labute approximate surface area is 143 Å². The van der Waals surface area contributed by atoms with E-state index in [-0.39, 0.29) is 0 Å². The molecule has 128 valence electrons. The zero-order valence-corrected chi connectivity index (χ0v) is 14.9. The van der Waals surface area contributed by atoms with Gasteiger partial charge in [0.2, 0.25) is 0 Å². The van der Waals surface area contributed by atoms with E-state index >= 15 is 0 Å². The number of aryl methyl sites for hydroxylation is 1. The molecule has 1 saturated heterocycles. The highest BCUT2D eigenvalue weighted by molar-refractivity contribution is 7.98. The third-order valence-corrected chi connectivity index (χ3v) is 5.31. The van der Waals surface area contributed by atoms with E-state index in [1.165, 1.54) is 31.2 Å². The molecule has 1 aliphatic carbocycles. The predicted octanol–water partition coefficient (Wildman–Crippen LogP) is 2.82. The average Bonchev–Trinajstić information content (AvgIpc) is 3.10. The van der Waals surface area contributed by atoms with Crippen molar-refractivity contribution in [1.29, 1.82) is 0 Å². The second kappa shape index (κ2) is 8.85. The molecular formula is C17H28N4OS. The van der Waals surface area contributed by atoms with E-state index in [4.69, 9.17) is 9.72 Å². The number of nitrogens with zero attached hydrogens (tertiary/aromatic N) is 3. The molecule has 0 bridgehead atoms. The highest BCUT2D eigenvalue weighted by atomic mass is 32.2. The minimum Gasteiger partial charge on any atom is -0.379 e. The second-order valence-electron chi connectivity index (χ2n) is 6.41. The molecule has 0 aromatic carbocycles. The summed E-state index contributed by atoms with van der Waals surface area (Å²) in [6.45, 7) is 5.01. The molecule has 5 nitrogen and oxygen atoms in total. The summed E-state index contributed by atoms with van der Waals surface area (Å²) in [6.07, 6.45) is 11.5. The third-order valence-electron chi connectivity index (χ3n) is 4.75. The predicted molar refractivity (Wildman–Crippen MR) is 95.3 cm³/mol. The van der Waals surface area contributed by atoms with Gasteiger partial charge in [-0.1, -0.05) is 24.6 Å². The summed E-state index contributed by atoms with van der Waals surface area (Å²) in [5.74, 6) is 1.07. The summed E-state index contributed by atoms with van der Waals surface area (Å²) < 4.78 is 5.41. The first kappa shape index (κ1) is 17.0. The van der Waals surface area contributed by atoms with E-state index in [1.54, 1.807) is 11.8 Å². The normalized spacial score (nSPS) is 20.0. The van der Waals surface area contributed by atoms with Gasteiger partial charge < -0.3 is 10.1 Å². The van der Waals surface area contributed by atoms with E-state index in [1.807, 2.05) is 12.5 Å². The van der Waals surface area contributed by atoms with Gasteiger partial charge in [0.25, 0.3) is 0 Å². The van der Waals surface area contributed by atoms with Crippen LogP contribution in [0.4, 0.5) is 5.82 Å². The molecule has 0 radical (unpaired) electrons. The Kier molecular flexibility index (Phi) is 6.54. The van der Waals surface area contributed by atoms with Gasteiger partial charge in [0.1, 0.15) is 5.82 Å². The first-order valence-electron chi connectivity index (χ1n) is 8.81. The molecule has 1 aromatic rings. The van der Waals surface area contributed by atoms with Crippen molar-refractivity contribution in [3.8, 4) is 0 Å². The average molecular weight is 337 g/mol. The van der Waals surface area contributed by atoms with Gasteiger partial charge in [-0.25, -0.2) is 9.97 Å². The SMILES string of the molecule is CSc1ncc(CCCN2CCOCC2)c(NC2CCCC2)n1. The molecule has 0 spiro atoms. The van der Waals surface area contributed by atoms with Crippen LogP contribution in [0.1, 0.15) is 37.7 Å². The lowest BCUT2D eigenvalue weighted by molar-refractivity contribution is 0.0374. The summed E-state index contributed by atoms with van der Waals surface area (Å²) in [4.78, 5) is 11.7. The van der Waals surface area contributed by atoms with Gasteiger partial charge in [-0.05, 0) is 38.5 Å². The van der Waals surface area contributed by atoms with Crippen molar-refractivity contribution in [3.63, 3.8) is 0 Å². The maximum Gasteiger partial charge on any atom is 0.189 e. The largest absolute Gasteiger partial charge is 0.379 e. The number of anilines is 1. The summed E-state index contributed by atoms with van der Waals surface area (Å²) in [5.41, 5.74) is 1.27. The molecule has 6 heteroatoms. The second-order valence-corrected chi connectivity index (χ2v) is 7.19. The monoisotopic (exact) mass is 336 g/mol. The lowest BCUT2D eigenvalue weighted by Gasteiger charge is -2.26. The minimum atomic E-state index is 0.595. The van der Waals surface area contributed by atoms with Crippen LogP contribution in [-0.4, -0.2) is 60.0 Å². The number of rotatable bonds is 7. The summed E-state index contributed by atoms with van der Waals surface area (Å²) in [7, 11) is 0. The molecule has 23 heavy (non-hydrogen) atoms. The van der Waals surface area contributed by atoms with Crippen molar-refractivity contribution >= 4 is 17.6 Å². The van der Waals surface area contributed by atoms with Crippen LogP contribution >= 0.6 is 11.8 Å². The molecule has 3 rings (SSSR count). The number of aromatic nitrogens is 2. The van der Waals surface area contributed by atoms with E-state index in [0.717, 1.165) is 56.7 Å². The number of hydrogen-bond acceptors (Lipinski definition) is 6. The van der Waals surface area contributed by atoms with Crippen LogP contribution in [0, 0.1) is 0 Å². The Bertz CT molecular complexity index is 487. The lowest BCUT2D eigenvalue weighted by atomic mass is 10.1.